The lowest BCUT2D eigenvalue weighted by Crippen LogP contribution is -2.00. The Labute approximate surface area is 304 Å². The van der Waals surface area contributed by atoms with E-state index in [9.17, 15) is 2.74 Å². The lowest BCUT2D eigenvalue weighted by atomic mass is 9.99. The number of rotatable bonds is 6. The van der Waals surface area contributed by atoms with Gasteiger partial charge < -0.3 is 0 Å². The Morgan fingerprint density at radius 1 is 0.388 bits per heavy atom. The molecule has 9 rings (SSSR count). The summed E-state index contributed by atoms with van der Waals surface area (Å²) in [6.45, 7) is 0. The molecule has 0 amide bonds. The lowest BCUT2D eigenvalue weighted by molar-refractivity contribution is 1.07. The molecular formula is C45H29N3S. The van der Waals surface area contributed by atoms with E-state index in [-0.39, 0.29) is 66.4 Å². The molecule has 0 aliphatic rings. The smallest absolute Gasteiger partial charge is 0.164 e. The van der Waals surface area contributed by atoms with Gasteiger partial charge in [-0.05, 0) is 45.9 Å². The van der Waals surface area contributed by atoms with Crippen molar-refractivity contribution >= 4 is 31.5 Å². The zero-order chi connectivity index (χ0) is 42.1. The zero-order valence-corrected chi connectivity index (χ0v) is 26.5. The van der Waals surface area contributed by atoms with Gasteiger partial charge in [0, 0.05) is 42.4 Å². The average molecular weight is 655 g/mol. The molecule has 0 spiro atoms. The molecule has 0 unspecified atom stereocenters. The summed E-state index contributed by atoms with van der Waals surface area (Å²) in [5, 5.41) is 0.0199. The fraction of sp³-hybridized carbons (Fsp3) is 0. The third-order valence-electron chi connectivity index (χ3n) is 8.17. The Kier molecular flexibility index (Phi) is 4.96. The minimum absolute atomic E-state index is 0.00539. The largest absolute Gasteiger partial charge is 0.208 e. The van der Waals surface area contributed by atoms with Gasteiger partial charge in [-0.3, -0.25) is 0 Å². The third kappa shape index (κ3) is 5.58. The molecule has 0 aliphatic carbocycles. The Bertz CT molecular complexity index is 3170. The third-order valence-corrected chi connectivity index (χ3v) is 9.29. The van der Waals surface area contributed by atoms with Crippen LogP contribution in [0.2, 0.25) is 0 Å². The molecule has 49 heavy (non-hydrogen) atoms. The molecule has 0 bridgehead atoms. The normalized spacial score (nSPS) is 14.4. The maximum Gasteiger partial charge on any atom is 0.164 e. The van der Waals surface area contributed by atoms with Crippen molar-refractivity contribution in [3.05, 3.63) is 176 Å². The molecule has 7 aromatic carbocycles. The van der Waals surface area contributed by atoms with Crippen LogP contribution in [0, 0.1) is 0 Å². The topological polar surface area (TPSA) is 38.7 Å². The van der Waals surface area contributed by atoms with Crippen LogP contribution in [-0.4, -0.2) is 15.0 Å². The van der Waals surface area contributed by atoms with Crippen molar-refractivity contribution in [2.24, 2.45) is 0 Å². The highest BCUT2D eigenvalue weighted by Crippen LogP contribution is 2.42. The van der Waals surface area contributed by atoms with Crippen molar-refractivity contribution in [3.63, 3.8) is 0 Å². The monoisotopic (exact) mass is 654 g/mol. The van der Waals surface area contributed by atoms with Crippen LogP contribution >= 0.6 is 11.3 Å². The number of aromatic nitrogens is 3. The van der Waals surface area contributed by atoms with Crippen LogP contribution in [0.4, 0.5) is 0 Å². The van der Waals surface area contributed by atoms with Gasteiger partial charge in [-0.1, -0.05) is 158 Å². The summed E-state index contributed by atoms with van der Waals surface area (Å²) in [6, 6.07) is 29.4. The number of fused-ring (bicyclic) bond motifs is 3. The average Bonchev–Trinajstić information content (AvgIpc) is 3.69. The van der Waals surface area contributed by atoms with E-state index in [4.69, 9.17) is 27.3 Å². The van der Waals surface area contributed by atoms with Gasteiger partial charge in [-0.2, -0.15) is 0 Å². The molecule has 0 radical (unpaired) electrons. The minimum Gasteiger partial charge on any atom is -0.208 e. The summed E-state index contributed by atoms with van der Waals surface area (Å²) >= 11 is 0.871. The van der Waals surface area contributed by atoms with Gasteiger partial charge in [0.1, 0.15) is 0 Å². The molecule has 4 heteroatoms. The van der Waals surface area contributed by atoms with Gasteiger partial charge in [0.15, 0.2) is 17.5 Å². The van der Waals surface area contributed by atoms with Gasteiger partial charge in [0.05, 0.1) is 15.1 Å². The second-order valence-corrected chi connectivity index (χ2v) is 12.2. The Morgan fingerprint density at radius 2 is 0.857 bits per heavy atom. The van der Waals surface area contributed by atoms with E-state index in [1.54, 1.807) is 12.1 Å². The van der Waals surface area contributed by atoms with Crippen LogP contribution in [0.15, 0.2) is 176 Å². The van der Waals surface area contributed by atoms with Gasteiger partial charge in [-0.15, -0.1) is 11.3 Å². The standard InChI is InChI=1S/C45H29N3S/c1-4-12-30(13-5-1)31-20-22-32(23-21-31)33-24-26-36(27-25-33)44-46-43(35-16-8-3-9-17-35)47-45(48-44)37-28-39(34-14-6-2-7-15-34)42-40(29-37)38-18-10-11-19-41(38)49-42/h1-29H/i2D,6D,7D,10D,11D,14D,15D,18D,19D,28D,29D. The first-order valence-electron chi connectivity index (χ1n) is 21.0. The summed E-state index contributed by atoms with van der Waals surface area (Å²) in [7, 11) is 0. The van der Waals surface area contributed by atoms with Crippen LogP contribution < -0.4 is 0 Å². The summed E-state index contributed by atoms with van der Waals surface area (Å²) in [5.41, 5.74) is 4.72. The van der Waals surface area contributed by atoms with Crippen molar-refractivity contribution in [2.45, 2.75) is 0 Å². The molecule has 3 nitrogen and oxygen atoms in total. The van der Waals surface area contributed by atoms with Crippen LogP contribution in [0.1, 0.15) is 15.1 Å². The van der Waals surface area contributed by atoms with E-state index in [0.717, 1.165) is 33.6 Å². The zero-order valence-electron chi connectivity index (χ0n) is 36.6. The quantitative estimate of drug-likeness (QED) is 0.179. The van der Waals surface area contributed by atoms with E-state index in [1.807, 2.05) is 60.7 Å². The minimum atomic E-state index is -0.634. The molecule has 0 aliphatic heterocycles. The van der Waals surface area contributed by atoms with Crippen molar-refractivity contribution < 1.29 is 15.1 Å². The van der Waals surface area contributed by atoms with Crippen LogP contribution in [0.5, 0.6) is 0 Å². The van der Waals surface area contributed by atoms with Gasteiger partial charge in [0.25, 0.3) is 0 Å². The molecule has 0 saturated carbocycles. The first-order chi connectivity index (χ1) is 28.8. The van der Waals surface area contributed by atoms with Gasteiger partial charge in [-0.25, -0.2) is 15.0 Å². The SMILES string of the molecule is [2H]c1c([2H])c([2H])c(-c2c([2H])c(-c3nc(-c4ccccc4)nc(-c4ccc(-c5ccc(-c6ccccc6)cc5)cc4)n3)c([2H])c3c2sc2c([2H])c([2H])c([2H])c([2H])c23)c([2H])c1[2H]. The van der Waals surface area contributed by atoms with E-state index < -0.39 is 54.4 Å². The van der Waals surface area contributed by atoms with Crippen molar-refractivity contribution in [2.75, 3.05) is 0 Å². The highest BCUT2D eigenvalue weighted by molar-refractivity contribution is 7.26. The molecule has 0 saturated heterocycles. The highest BCUT2D eigenvalue weighted by atomic mass is 32.1. The molecule has 2 aromatic heterocycles. The first kappa shape index (κ1) is 19.6. The molecule has 230 valence electrons. The van der Waals surface area contributed by atoms with Crippen molar-refractivity contribution in [1.29, 1.82) is 0 Å². The van der Waals surface area contributed by atoms with Crippen LogP contribution in [0.25, 0.3) is 87.7 Å². The first-order valence-corrected chi connectivity index (χ1v) is 16.3. The number of hydrogen-bond acceptors (Lipinski definition) is 4. The Balaban J connectivity index is 1.30. The molecule has 9 aromatic rings. The summed E-state index contributed by atoms with van der Waals surface area (Å²) in [5.74, 6) is 0.312. The lowest BCUT2D eigenvalue weighted by Gasteiger charge is -2.11. The fourth-order valence-corrected chi connectivity index (χ4v) is 6.82. The summed E-state index contributed by atoms with van der Waals surface area (Å²) in [4.78, 5) is 14.4. The predicted molar refractivity (Wildman–Crippen MR) is 205 cm³/mol. The second-order valence-electron chi connectivity index (χ2n) is 11.2. The van der Waals surface area contributed by atoms with E-state index in [1.165, 1.54) is 0 Å². The molecule has 2 heterocycles. The predicted octanol–water partition coefficient (Wildman–Crippen LogP) is 12.2. The van der Waals surface area contributed by atoms with E-state index in [2.05, 4.69) is 36.4 Å². The number of benzene rings is 7. The molecular weight excluding hydrogens is 615 g/mol. The highest BCUT2D eigenvalue weighted by Gasteiger charge is 2.17. The summed E-state index contributed by atoms with van der Waals surface area (Å²) in [6.07, 6.45) is 0. The van der Waals surface area contributed by atoms with E-state index >= 15 is 0 Å². The Morgan fingerprint density at radius 3 is 1.47 bits per heavy atom. The van der Waals surface area contributed by atoms with Crippen molar-refractivity contribution in [3.8, 4) is 67.5 Å². The molecule has 0 atom stereocenters. The van der Waals surface area contributed by atoms with Gasteiger partial charge >= 0.3 is 0 Å². The molecule has 0 N–H and O–H groups in total. The maximum absolute atomic E-state index is 9.72. The fourth-order valence-electron chi connectivity index (χ4n) is 5.75. The Hall–Kier alpha value is -6.23. The number of thiophene rings is 1. The number of hydrogen-bond donors (Lipinski definition) is 0. The molecule has 0 fully saturated rings. The van der Waals surface area contributed by atoms with Crippen molar-refractivity contribution in [1.82, 2.24) is 15.0 Å². The van der Waals surface area contributed by atoms with E-state index in [0.29, 0.717) is 11.1 Å². The second kappa shape index (κ2) is 12.4. The van der Waals surface area contributed by atoms with Crippen LogP contribution in [-0.2, 0) is 0 Å². The number of nitrogens with zero attached hydrogens (tertiary/aromatic N) is 3. The summed E-state index contributed by atoms with van der Waals surface area (Å²) < 4.78 is 97.1. The maximum atomic E-state index is 9.72. The van der Waals surface area contributed by atoms with Gasteiger partial charge in [0.2, 0.25) is 0 Å². The van der Waals surface area contributed by atoms with Crippen LogP contribution in [0.3, 0.4) is 0 Å².